The van der Waals surface area contributed by atoms with E-state index in [1.165, 1.54) is 25.7 Å². The summed E-state index contributed by atoms with van der Waals surface area (Å²) in [5, 5.41) is 9.91. The second-order valence-electron chi connectivity index (χ2n) is 5.94. The molecule has 1 aliphatic carbocycles. The molecule has 1 saturated heterocycles. The standard InChI is InChI=1S/C14H27NO/c1-3-12-10-15(8-7-14(12)16)13-6-4-5-11(2)9-13/h11-14,16H,3-10H2,1-2H3. The van der Waals surface area contributed by atoms with Crippen LogP contribution in [0.2, 0.25) is 0 Å². The highest BCUT2D eigenvalue weighted by Crippen LogP contribution is 2.30. The number of likely N-dealkylation sites (tertiary alicyclic amines) is 1. The van der Waals surface area contributed by atoms with Crippen molar-refractivity contribution in [1.29, 1.82) is 0 Å². The number of hydrogen-bond acceptors (Lipinski definition) is 2. The van der Waals surface area contributed by atoms with Crippen LogP contribution >= 0.6 is 0 Å². The van der Waals surface area contributed by atoms with Gasteiger partial charge in [-0.3, -0.25) is 4.90 Å². The van der Waals surface area contributed by atoms with Gasteiger partial charge in [-0.2, -0.15) is 0 Å². The predicted octanol–water partition coefficient (Wildman–Crippen LogP) is 2.66. The monoisotopic (exact) mass is 225 g/mol. The van der Waals surface area contributed by atoms with Gasteiger partial charge in [0.1, 0.15) is 0 Å². The lowest BCUT2D eigenvalue weighted by Gasteiger charge is -2.43. The molecule has 0 radical (unpaired) electrons. The van der Waals surface area contributed by atoms with E-state index >= 15 is 0 Å². The first-order valence-electron chi connectivity index (χ1n) is 7.12. The van der Waals surface area contributed by atoms with Crippen molar-refractivity contribution in [1.82, 2.24) is 4.90 Å². The highest BCUT2D eigenvalue weighted by Gasteiger charge is 2.32. The Kier molecular flexibility index (Phi) is 4.26. The highest BCUT2D eigenvalue weighted by atomic mass is 16.3. The van der Waals surface area contributed by atoms with Crippen LogP contribution in [0, 0.1) is 11.8 Å². The van der Waals surface area contributed by atoms with Gasteiger partial charge in [0.25, 0.3) is 0 Å². The summed E-state index contributed by atoms with van der Waals surface area (Å²) in [6.45, 7) is 6.85. The highest BCUT2D eigenvalue weighted by molar-refractivity contribution is 4.86. The molecule has 0 aromatic carbocycles. The van der Waals surface area contributed by atoms with E-state index in [2.05, 4.69) is 18.7 Å². The van der Waals surface area contributed by atoms with E-state index in [1.807, 2.05) is 0 Å². The third kappa shape index (κ3) is 2.78. The molecule has 1 aliphatic heterocycles. The summed E-state index contributed by atoms with van der Waals surface area (Å²) in [6.07, 6.45) is 7.67. The van der Waals surface area contributed by atoms with Gasteiger partial charge in [0.05, 0.1) is 6.10 Å². The quantitative estimate of drug-likeness (QED) is 0.781. The van der Waals surface area contributed by atoms with Crippen LogP contribution in [0.25, 0.3) is 0 Å². The molecule has 16 heavy (non-hydrogen) atoms. The van der Waals surface area contributed by atoms with Crippen molar-refractivity contribution in [2.24, 2.45) is 11.8 Å². The van der Waals surface area contributed by atoms with Gasteiger partial charge in [0.2, 0.25) is 0 Å². The fourth-order valence-corrected chi connectivity index (χ4v) is 3.51. The minimum atomic E-state index is -0.0396. The molecule has 0 spiro atoms. The molecule has 1 heterocycles. The van der Waals surface area contributed by atoms with Crippen LogP contribution in [0.1, 0.15) is 52.4 Å². The van der Waals surface area contributed by atoms with Crippen LogP contribution in [-0.2, 0) is 0 Å². The van der Waals surface area contributed by atoms with Gasteiger partial charge >= 0.3 is 0 Å². The van der Waals surface area contributed by atoms with Crippen molar-refractivity contribution in [3.05, 3.63) is 0 Å². The number of hydrogen-bond donors (Lipinski definition) is 1. The van der Waals surface area contributed by atoms with Gasteiger partial charge in [-0.25, -0.2) is 0 Å². The minimum absolute atomic E-state index is 0.0396. The average Bonchev–Trinajstić information content (AvgIpc) is 2.29. The molecule has 2 aliphatic rings. The minimum Gasteiger partial charge on any atom is -0.393 e. The maximum atomic E-state index is 9.91. The third-order valence-corrected chi connectivity index (χ3v) is 4.67. The van der Waals surface area contributed by atoms with E-state index in [4.69, 9.17) is 0 Å². The van der Waals surface area contributed by atoms with E-state index < -0.39 is 0 Å². The van der Waals surface area contributed by atoms with Gasteiger partial charge in [0, 0.05) is 19.1 Å². The number of nitrogens with zero attached hydrogens (tertiary/aromatic N) is 1. The lowest BCUT2D eigenvalue weighted by atomic mass is 9.83. The SMILES string of the molecule is CCC1CN(C2CCCC(C)C2)CCC1O. The molecule has 2 rings (SSSR count). The molecule has 4 unspecified atom stereocenters. The summed E-state index contributed by atoms with van der Waals surface area (Å²) >= 11 is 0. The van der Waals surface area contributed by atoms with Gasteiger partial charge < -0.3 is 5.11 Å². The maximum absolute atomic E-state index is 9.91. The first kappa shape index (κ1) is 12.4. The van der Waals surface area contributed by atoms with E-state index in [-0.39, 0.29) is 6.10 Å². The predicted molar refractivity (Wildman–Crippen MR) is 67.4 cm³/mol. The van der Waals surface area contributed by atoms with E-state index in [0.29, 0.717) is 5.92 Å². The molecule has 1 saturated carbocycles. The lowest BCUT2D eigenvalue weighted by molar-refractivity contribution is -0.00238. The smallest absolute Gasteiger partial charge is 0.0592 e. The normalized spacial score (nSPS) is 42.2. The molecule has 0 aromatic rings. The van der Waals surface area contributed by atoms with Gasteiger partial charge in [0.15, 0.2) is 0 Å². The number of rotatable bonds is 2. The molecule has 94 valence electrons. The second kappa shape index (κ2) is 5.50. The Labute approximate surface area is 100 Å². The van der Waals surface area contributed by atoms with Crippen molar-refractivity contribution >= 4 is 0 Å². The van der Waals surface area contributed by atoms with Crippen molar-refractivity contribution < 1.29 is 5.11 Å². The van der Waals surface area contributed by atoms with Crippen molar-refractivity contribution in [2.45, 2.75) is 64.5 Å². The van der Waals surface area contributed by atoms with Gasteiger partial charge in [-0.15, -0.1) is 0 Å². The van der Waals surface area contributed by atoms with E-state index in [0.717, 1.165) is 37.9 Å². The summed E-state index contributed by atoms with van der Waals surface area (Å²) in [4.78, 5) is 2.66. The van der Waals surface area contributed by atoms with Crippen LogP contribution in [0.3, 0.4) is 0 Å². The Morgan fingerprint density at radius 1 is 1.25 bits per heavy atom. The van der Waals surface area contributed by atoms with Crippen molar-refractivity contribution in [3.8, 4) is 0 Å². The number of piperidine rings is 1. The molecular weight excluding hydrogens is 198 g/mol. The Morgan fingerprint density at radius 2 is 2.06 bits per heavy atom. The van der Waals surface area contributed by atoms with Gasteiger partial charge in [-0.1, -0.05) is 26.7 Å². The first-order valence-corrected chi connectivity index (χ1v) is 7.12. The zero-order chi connectivity index (χ0) is 11.5. The van der Waals surface area contributed by atoms with Crippen molar-refractivity contribution in [3.63, 3.8) is 0 Å². The van der Waals surface area contributed by atoms with Crippen LogP contribution in [0.15, 0.2) is 0 Å². The molecular formula is C14H27NO. The summed E-state index contributed by atoms with van der Waals surface area (Å²) in [7, 11) is 0. The van der Waals surface area contributed by atoms with Gasteiger partial charge in [-0.05, 0) is 37.5 Å². The van der Waals surface area contributed by atoms with Crippen LogP contribution in [0.4, 0.5) is 0 Å². The molecule has 0 aromatic heterocycles. The maximum Gasteiger partial charge on any atom is 0.0592 e. The zero-order valence-electron chi connectivity index (χ0n) is 10.9. The number of aliphatic hydroxyl groups is 1. The molecule has 0 amide bonds. The largest absolute Gasteiger partial charge is 0.393 e. The lowest BCUT2D eigenvalue weighted by Crippen LogP contribution is -2.48. The van der Waals surface area contributed by atoms with Crippen LogP contribution in [0.5, 0.6) is 0 Å². The Balaban J connectivity index is 1.89. The molecule has 0 bridgehead atoms. The number of aliphatic hydroxyl groups excluding tert-OH is 1. The average molecular weight is 225 g/mol. The van der Waals surface area contributed by atoms with E-state index in [1.54, 1.807) is 0 Å². The fraction of sp³-hybridized carbons (Fsp3) is 1.00. The Hall–Kier alpha value is -0.0800. The van der Waals surface area contributed by atoms with Crippen LogP contribution in [-0.4, -0.2) is 35.2 Å². The summed E-state index contributed by atoms with van der Waals surface area (Å²) in [5.41, 5.74) is 0. The first-order chi connectivity index (χ1) is 7.70. The van der Waals surface area contributed by atoms with Crippen molar-refractivity contribution in [2.75, 3.05) is 13.1 Å². The van der Waals surface area contributed by atoms with Crippen LogP contribution < -0.4 is 0 Å². The summed E-state index contributed by atoms with van der Waals surface area (Å²) < 4.78 is 0. The molecule has 2 nitrogen and oxygen atoms in total. The summed E-state index contributed by atoms with van der Waals surface area (Å²) in [6, 6.07) is 0.810. The molecule has 1 N–H and O–H groups in total. The fourth-order valence-electron chi connectivity index (χ4n) is 3.51. The molecule has 2 heteroatoms. The Bertz CT molecular complexity index is 219. The second-order valence-corrected chi connectivity index (χ2v) is 5.94. The molecule has 4 atom stereocenters. The summed E-state index contributed by atoms with van der Waals surface area (Å²) in [5.74, 6) is 1.43. The molecule has 2 fully saturated rings. The Morgan fingerprint density at radius 3 is 2.75 bits per heavy atom. The van der Waals surface area contributed by atoms with E-state index in [9.17, 15) is 5.11 Å². The topological polar surface area (TPSA) is 23.5 Å². The zero-order valence-corrected chi connectivity index (χ0v) is 10.9. The third-order valence-electron chi connectivity index (χ3n) is 4.67.